The maximum atomic E-state index is 9.15. The monoisotopic (exact) mass is 311 g/mol. The van der Waals surface area contributed by atoms with Gasteiger partial charge in [-0.3, -0.25) is 4.98 Å². The lowest BCUT2D eigenvalue weighted by atomic mass is 10.00. The molecule has 3 heteroatoms. The molecule has 114 valence electrons. The van der Waals surface area contributed by atoms with E-state index in [1.54, 1.807) is 11.8 Å². The first-order chi connectivity index (χ1) is 10.8. The molecule has 1 saturated carbocycles. The fourth-order valence-electron chi connectivity index (χ4n) is 2.57. The fraction of sp³-hybridized carbons (Fsp3) is 0.316. The van der Waals surface area contributed by atoms with Crippen molar-refractivity contribution in [3.63, 3.8) is 0 Å². The van der Waals surface area contributed by atoms with Crippen molar-refractivity contribution >= 4 is 17.3 Å². The van der Waals surface area contributed by atoms with Crippen molar-refractivity contribution < 1.29 is 5.11 Å². The number of aliphatic hydroxyl groups excluding tert-OH is 1. The van der Waals surface area contributed by atoms with Crippen LogP contribution in [0.15, 0.2) is 53.6 Å². The van der Waals surface area contributed by atoms with Gasteiger partial charge in [-0.25, -0.2) is 0 Å². The van der Waals surface area contributed by atoms with Crippen LogP contribution in [0.3, 0.4) is 0 Å². The van der Waals surface area contributed by atoms with E-state index in [9.17, 15) is 0 Å². The lowest BCUT2D eigenvalue weighted by Crippen LogP contribution is -1.94. The maximum absolute atomic E-state index is 9.15. The summed E-state index contributed by atoms with van der Waals surface area (Å²) < 4.78 is 0. The highest BCUT2D eigenvalue weighted by Crippen LogP contribution is 2.40. The smallest absolute Gasteiger partial charge is 0.0704 e. The molecule has 0 atom stereocenters. The number of nitrogens with zero attached hydrogens (tertiary/aromatic N) is 1. The summed E-state index contributed by atoms with van der Waals surface area (Å²) in [6.07, 6.45) is 9.40. The molecular weight excluding hydrogens is 290 g/mol. The molecule has 2 nitrogen and oxygen atoms in total. The molecule has 0 spiro atoms. The van der Waals surface area contributed by atoms with Gasteiger partial charge in [0.05, 0.1) is 5.69 Å². The number of hydrogen-bond donors (Lipinski definition) is 1. The highest BCUT2D eigenvalue weighted by Gasteiger charge is 2.23. The number of pyridine rings is 1. The Balaban J connectivity index is 1.90. The van der Waals surface area contributed by atoms with Crippen LogP contribution < -0.4 is 0 Å². The summed E-state index contributed by atoms with van der Waals surface area (Å²) in [6.45, 7) is 0.159. The molecule has 0 radical (unpaired) electrons. The Morgan fingerprint density at radius 2 is 2.00 bits per heavy atom. The molecule has 3 rings (SSSR count). The third-order valence-corrected chi connectivity index (χ3v) is 4.73. The minimum atomic E-state index is 0.159. The Bertz CT molecular complexity index is 642. The largest absolute Gasteiger partial charge is 0.396 e. The molecule has 0 amide bonds. The van der Waals surface area contributed by atoms with Crippen molar-refractivity contribution in [1.29, 1.82) is 0 Å². The number of rotatable bonds is 6. The van der Waals surface area contributed by atoms with Gasteiger partial charge in [0.25, 0.3) is 0 Å². The molecule has 1 fully saturated rings. The zero-order valence-corrected chi connectivity index (χ0v) is 13.6. The molecule has 1 N–H and O–H groups in total. The Morgan fingerprint density at radius 3 is 2.55 bits per heavy atom. The van der Waals surface area contributed by atoms with Crippen molar-refractivity contribution in [2.75, 3.05) is 12.9 Å². The number of aliphatic hydroxyl groups is 1. The van der Waals surface area contributed by atoms with Gasteiger partial charge in [-0.2, -0.15) is 0 Å². The van der Waals surface area contributed by atoms with Crippen molar-refractivity contribution in [1.82, 2.24) is 4.98 Å². The molecular formula is C19H21NOS. The second-order valence-corrected chi connectivity index (χ2v) is 6.49. The van der Waals surface area contributed by atoms with E-state index in [1.807, 2.05) is 6.20 Å². The number of hydrogen-bond acceptors (Lipinski definition) is 3. The van der Waals surface area contributed by atoms with Gasteiger partial charge in [-0.15, -0.1) is 11.8 Å². The Morgan fingerprint density at radius 1 is 1.23 bits per heavy atom. The number of aromatic nitrogens is 1. The van der Waals surface area contributed by atoms with Crippen molar-refractivity contribution in [2.24, 2.45) is 0 Å². The van der Waals surface area contributed by atoms with E-state index >= 15 is 0 Å². The summed E-state index contributed by atoms with van der Waals surface area (Å²) in [5.41, 5.74) is 4.58. The van der Waals surface area contributed by atoms with Gasteiger partial charge in [0.1, 0.15) is 0 Å². The van der Waals surface area contributed by atoms with E-state index in [0.717, 1.165) is 22.7 Å². The topological polar surface area (TPSA) is 33.1 Å². The van der Waals surface area contributed by atoms with Crippen LogP contribution in [0, 0.1) is 0 Å². The van der Waals surface area contributed by atoms with Gasteiger partial charge in [0.15, 0.2) is 0 Å². The fourth-order valence-corrected chi connectivity index (χ4v) is 2.98. The van der Waals surface area contributed by atoms with Crippen LogP contribution in [0.2, 0.25) is 0 Å². The molecule has 1 aromatic carbocycles. The summed E-state index contributed by atoms with van der Waals surface area (Å²) in [6, 6.07) is 12.8. The minimum Gasteiger partial charge on any atom is -0.396 e. The van der Waals surface area contributed by atoms with E-state index in [2.05, 4.69) is 53.7 Å². The van der Waals surface area contributed by atoms with Gasteiger partial charge in [0.2, 0.25) is 0 Å². The lowest BCUT2D eigenvalue weighted by molar-refractivity contribution is 0.303. The van der Waals surface area contributed by atoms with Gasteiger partial charge in [-0.1, -0.05) is 24.3 Å². The molecule has 0 saturated heterocycles. The normalized spacial score (nSPS) is 15.1. The molecule has 22 heavy (non-hydrogen) atoms. The van der Waals surface area contributed by atoms with Crippen molar-refractivity contribution in [3.05, 3.63) is 65.5 Å². The molecule has 0 aliphatic heterocycles. The number of benzene rings is 1. The third-order valence-electron chi connectivity index (χ3n) is 3.99. The molecule has 1 aromatic heterocycles. The first-order valence-corrected chi connectivity index (χ1v) is 8.96. The second kappa shape index (κ2) is 7.12. The van der Waals surface area contributed by atoms with E-state index in [-0.39, 0.29) is 6.61 Å². The lowest BCUT2D eigenvalue weighted by Gasteiger charge is -2.09. The highest BCUT2D eigenvalue weighted by molar-refractivity contribution is 7.98. The van der Waals surface area contributed by atoms with Crippen molar-refractivity contribution in [3.8, 4) is 0 Å². The number of thioether (sulfide) groups is 1. The Kier molecular flexibility index (Phi) is 4.96. The summed E-state index contributed by atoms with van der Waals surface area (Å²) in [7, 11) is 0. The van der Waals surface area contributed by atoms with Crippen molar-refractivity contribution in [2.45, 2.75) is 30.1 Å². The van der Waals surface area contributed by atoms with E-state index in [4.69, 9.17) is 5.11 Å². The molecule has 1 aliphatic carbocycles. The van der Waals surface area contributed by atoms with Crippen LogP contribution in [0.4, 0.5) is 0 Å². The highest BCUT2D eigenvalue weighted by atomic mass is 32.2. The van der Waals surface area contributed by atoms with E-state index in [1.165, 1.54) is 23.3 Å². The predicted octanol–water partition coefficient (Wildman–Crippen LogP) is 4.50. The SMILES string of the molecule is CSc1ccc(/C(=C\CCO)c2ccc(C3CC3)cn2)cc1. The summed E-state index contributed by atoms with van der Waals surface area (Å²) in [4.78, 5) is 5.91. The average Bonchev–Trinajstić information content (AvgIpc) is 3.41. The van der Waals surface area contributed by atoms with Crippen LogP contribution in [0.5, 0.6) is 0 Å². The molecule has 1 aliphatic rings. The summed E-state index contributed by atoms with van der Waals surface area (Å²) in [5.74, 6) is 0.729. The van der Waals surface area contributed by atoms with E-state index in [0.29, 0.717) is 6.42 Å². The quantitative estimate of drug-likeness (QED) is 0.798. The standard InChI is InChI=1S/C19H21NOS/c1-22-17-9-6-15(7-10-17)18(3-2-12-21)19-11-8-16(13-20-19)14-4-5-14/h3,6-11,13-14,21H,2,4-5,12H2,1H3/b18-3+. The van der Waals surface area contributed by atoms with Gasteiger partial charge >= 0.3 is 0 Å². The van der Waals surface area contributed by atoms with Crippen LogP contribution in [0.25, 0.3) is 5.57 Å². The minimum absolute atomic E-state index is 0.159. The molecule has 2 aromatic rings. The molecule has 0 bridgehead atoms. The van der Waals surface area contributed by atoms with Crippen LogP contribution >= 0.6 is 11.8 Å². The zero-order valence-electron chi connectivity index (χ0n) is 12.8. The third kappa shape index (κ3) is 3.60. The van der Waals surface area contributed by atoms with E-state index < -0.39 is 0 Å². The van der Waals surface area contributed by atoms with Gasteiger partial charge in [-0.05, 0) is 60.8 Å². The first kappa shape index (κ1) is 15.3. The first-order valence-electron chi connectivity index (χ1n) is 7.73. The Hall–Kier alpha value is -1.58. The maximum Gasteiger partial charge on any atom is 0.0704 e. The van der Waals surface area contributed by atoms with Crippen LogP contribution in [0.1, 0.15) is 42.0 Å². The Labute approximate surface area is 136 Å². The zero-order chi connectivity index (χ0) is 15.4. The molecule has 1 heterocycles. The van der Waals surface area contributed by atoms with Gasteiger partial charge < -0.3 is 5.11 Å². The predicted molar refractivity (Wildman–Crippen MR) is 93.2 cm³/mol. The second-order valence-electron chi connectivity index (χ2n) is 5.61. The van der Waals surface area contributed by atoms with Gasteiger partial charge in [0, 0.05) is 23.3 Å². The summed E-state index contributed by atoms with van der Waals surface area (Å²) >= 11 is 1.74. The van der Waals surface area contributed by atoms with Crippen LogP contribution in [-0.2, 0) is 0 Å². The average molecular weight is 311 g/mol. The molecule has 0 unspecified atom stereocenters. The summed E-state index contributed by atoms with van der Waals surface area (Å²) in [5, 5.41) is 9.15. The van der Waals surface area contributed by atoms with Crippen LogP contribution in [-0.4, -0.2) is 23.0 Å².